The Morgan fingerprint density at radius 2 is 0.938 bits per heavy atom. The molecule has 0 radical (unpaired) electrons. The molecule has 21 nitrogen and oxygen atoms in total. The van der Waals surface area contributed by atoms with Gasteiger partial charge in [-0.15, -0.1) is 45.3 Å². The molecule has 3 saturated heterocycles. The van der Waals surface area contributed by atoms with E-state index in [1.165, 1.54) is 26.0 Å². The number of aromatic nitrogens is 3. The van der Waals surface area contributed by atoms with E-state index < -0.39 is 48.5 Å². The number of nitrogens with zero attached hydrogens (tertiary/aromatic N) is 8. The molecular formula is C87H95N9O12S5. The smallest absolute Gasteiger partial charge is 0.255 e. The van der Waals surface area contributed by atoms with Crippen molar-refractivity contribution in [3.63, 3.8) is 0 Å². The molecule has 14 rings (SSSR count). The second-order valence-electron chi connectivity index (χ2n) is 30.3. The van der Waals surface area contributed by atoms with E-state index in [0.717, 1.165) is 87.5 Å². The molecule has 9 aromatic rings. The van der Waals surface area contributed by atoms with Crippen molar-refractivity contribution in [2.45, 2.75) is 181 Å². The number of carbonyl (C=O) groups is 10. The summed E-state index contributed by atoms with van der Waals surface area (Å²) in [7, 11) is 0. The maximum Gasteiger partial charge on any atom is 0.255 e. The molecular weight excluding hydrogens is 1520 g/mol. The van der Waals surface area contributed by atoms with Crippen molar-refractivity contribution in [2.75, 3.05) is 25.4 Å². The van der Waals surface area contributed by atoms with Gasteiger partial charge in [-0.2, -0.15) is 12.6 Å². The zero-order valence-corrected chi connectivity index (χ0v) is 68.6. The van der Waals surface area contributed by atoms with Gasteiger partial charge in [0.25, 0.3) is 17.7 Å². The number of aliphatic hydroxyl groups is 2. The molecule has 0 saturated carbocycles. The van der Waals surface area contributed by atoms with Crippen molar-refractivity contribution in [3.8, 4) is 31.3 Å². The van der Waals surface area contributed by atoms with Crippen LogP contribution in [0, 0.1) is 32.6 Å². The molecule has 0 bridgehead atoms. The van der Waals surface area contributed by atoms with Crippen molar-refractivity contribution in [1.82, 2.24) is 44.8 Å². The van der Waals surface area contributed by atoms with E-state index in [-0.39, 0.29) is 128 Å². The number of hydrogen-bond acceptors (Lipinski definition) is 20. The van der Waals surface area contributed by atoms with E-state index in [2.05, 4.69) is 32.9 Å². The summed E-state index contributed by atoms with van der Waals surface area (Å²) in [5, 5.41) is 25.4. The highest BCUT2D eigenvalue weighted by atomic mass is 32.1. The van der Waals surface area contributed by atoms with Gasteiger partial charge in [0.2, 0.25) is 17.7 Å². The van der Waals surface area contributed by atoms with Crippen LogP contribution in [0.5, 0.6) is 0 Å². The average Bonchev–Trinajstić information content (AvgIpc) is 1.58. The molecule has 9 heterocycles. The van der Waals surface area contributed by atoms with Crippen molar-refractivity contribution in [2.24, 2.45) is 11.8 Å². The topological polar surface area (TPSA) is 278 Å². The molecule has 3 fully saturated rings. The quantitative estimate of drug-likeness (QED) is 0.0348. The van der Waals surface area contributed by atoms with Crippen molar-refractivity contribution in [3.05, 3.63) is 216 Å². The fourth-order valence-corrected chi connectivity index (χ4v) is 19.0. The van der Waals surface area contributed by atoms with Crippen molar-refractivity contribution in [1.29, 1.82) is 0 Å². The van der Waals surface area contributed by atoms with Gasteiger partial charge in [-0.1, -0.05) is 143 Å². The number of thiophene rings is 1. The van der Waals surface area contributed by atoms with Gasteiger partial charge in [0.1, 0.15) is 18.1 Å². The first kappa shape index (κ1) is 82.9. The van der Waals surface area contributed by atoms with Gasteiger partial charge in [-0.05, 0) is 126 Å². The van der Waals surface area contributed by atoms with Crippen LogP contribution >= 0.6 is 58.0 Å². The van der Waals surface area contributed by atoms with Gasteiger partial charge in [-0.25, -0.2) is 15.0 Å². The predicted octanol–water partition coefficient (Wildman–Crippen LogP) is 12.9. The van der Waals surface area contributed by atoms with Gasteiger partial charge in [0.05, 0.1) is 85.1 Å². The lowest BCUT2D eigenvalue weighted by Crippen LogP contribution is -2.54. The number of carbonyl (C=O) groups excluding carboxylic acids is 10. The normalized spacial score (nSPS) is 18.6. The average molecular weight is 1620 g/mol. The Morgan fingerprint density at radius 1 is 0.504 bits per heavy atom. The summed E-state index contributed by atoms with van der Waals surface area (Å²) in [6.45, 7) is 14.6. The van der Waals surface area contributed by atoms with Gasteiger partial charge in [0.15, 0.2) is 23.1 Å². The fraction of sp³-hybridized carbons (Fsp3) is 0.391. The number of aryl methyl sites for hydroxylation is 6. The third kappa shape index (κ3) is 19.6. The van der Waals surface area contributed by atoms with E-state index in [1.807, 2.05) is 192 Å². The number of ketones is 4. The first-order valence-electron chi connectivity index (χ1n) is 38.4. The van der Waals surface area contributed by atoms with Crippen LogP contribution in [0.15, 0.2) is 155 Å². The van der Waals surface area contributed by atoms with Gasteiger partial charge >= 0.3 is 0 Å². The van der Waals surface area contributed by atoms with Crippen molar-refractivity contribution >= 4 is 117 Å². The number of rotatable bonds is 27. The van der Waals surface area contributed by atoms with Crippen LogP contribution in [0.1, 0.15) is 156 Å². The Bertz CT molecular complexity index is 4920. The third-order valence-corrected chi connectivity index (χ3v) is 25.8. The number of nitrogens with one attached hydrogen (secondary N) is 1. The van der Waals surface area contributed by atoms with Crippen LogP contribution < -0.4 is 5.32 Å². The number of β-amino-alcohol motifs (C(OH)–C–C–N with tert-alkyl or cyclic N) is 2. The zero-order valence-electron chi connectivity index (χ0n) is 64.4. The molecule has 5 aliphatic rings. The summed E-state index contributed by atoms with van der Waals surface area (Å²) < 4.78 is 0. The molecule has 0 spiro atoms. The summed E-state index contributed by atoms with van der Waals surface area (Å²) in [4.78, 5) is 157. The number of thiol groups is 1. The van der Waals surface area contributed by atoms with Crippen LogP contribution in [0.3, 0.4) is 0 Å². The van der Waals surface area contributed by atoms with Crippen LogP contribution in [-0.2, 0) is 70.7 Å². The summed E-state index contributed by atoms with van der Waals surface area (Å²) >= 11 is 10.5. The summed E-state index contributed by atoms with van der Waals surface area (Å²) in [6.07, 6.45) is 2.38. The number of Topliss-reactive ketones (excluding diaryl/α,β-unsaturated/α-hetero) is 4. The molecule has 6 amide bonds. The maximum absolute atomic E-state index is 14.1. The fourth-order valence-electron chi connectivity index (χ4n) is 15.5. The monoisotopic (exact) mass is 1620 g/mol. The lowest BCUT2D eigenvalue weighted by molar-refractivity contribution is -0.143. The zero-order chi connectivity index (χ0) is 80.3. The number of benzene rings is 5. The molecule has 26 heteroatoms. The number of fused-ring (bicyclic) bond motifs is 2. The first-order chi connectivity index (χ1) is 54.3. The minimum Gasteiger partial charge on any atom is -0.391 e. The van der Waals surface area contributed by atoms with E-state index >= 15 is 0 Å². The Morgan fingerprint density at radius 3 is 1.35 bits per heavy atom. The van der Waals surface area contributed by atoms with E-state index in [4.69, 9.17) is 0 Å². The SMILES string of the molecule is Cc1ncsc1-c1ccc(CCC(=O)[C@@H]2CC(=O)CN2C(=O)[C@H](C(C)C)N2Cc3ccccc3C2=O)cc1.Cc1ncsc1-c1ccc(CCC(=O)[C@@H]2C[C@@H](O)CN2C(=O)[C@H](CS)NC(=O)CCC(C)C)cc1.Cc1ncsc1-c1ccc(CCC(=O)[C@@H]2C[C@@H](O)CN2C(=O)[C@H](c2cccs2)N2Cc3ccccc3C2=O)cc1. The molecule has 590 valence electrons. The number of aliphatic hydroxyl groups excluding tert-OH is 2. The summed E-state index contributed by atoms with van der Waals surface area (Å²) in [6, 6.07) is 38.2. The van der Waals surface area contributed by atoms with Crippen LogP contribution in [-0.4, -0.2) is 176 Å². The molecule has 0 aliphatic carbocycles. The molecule has 8 atom stereocenters. The predicted molar refractivity (Wildman–Crippen MR) is 442 cm³/mol. The number of hydrogen-bond donors (Lipinski definition) is 4. The van der Waals surface area contributed by atoms with Gasteiger partial charge in [0, 0.05) is 92.9 Å². The highest BCUT2D eigenvalue weighted by Gasteiger charge is 2.48. The third-order valence-electron chi connectivity index (χ3n) is 21.6. The minimum atomic E-state index is -0.844. The summed E-state index contributed by atoms with van der Waals surface area (Å²) in [5.41, 5.74) is 17.8. The minimum absolute atomic E-state index is 0.0349. The molecule has 4 aromatic heterocycles. The Hall–Kier alpha value is -9.54. The molecule has 5 aliphatic heterocycles. The van der Waals surface area contributed by atoms with Gasteiger partial charge < -0.3 is 40.0 Å². The van der Waals surface area contributed by atoms with E-state index in [1.54, 1.807) is 55.9 Å². The van der Waals surface area contributed by atoms with Crippen molar-refractivity contribution < 1.29 is 58.2 Å². The Kier molecular flexibility index (Phi) is 27.6. The highest BCUT2D eigenvalue weighted by molar-refractivity contribution is 7.80. The van der Waals surface area contributed by atoms with Gasteiger partial charge in [-0.3, -0.25) is 47.9 Å². The molecule has 5 aromatic carbocycles. The standard InChI is InChI=1S/C31H29N3O4S2.C30H31N3O4S.C26H35N3O4S2/c1-19-29(40-18-32-19)21-11-8-20(9-12-21)10-13-26(36)25-15-23(35)17-33(25)31(38)28(27-7-4-14-39-27)34-16-22-5-2-3-6-24(22)30(34)37;1-18(2)27(33-15-22-6-4-5-7-24(22)29(33)36)30(37)32-16-23(34)14-25(32)26(35)13-10-20-8-11-21(12-9-20)28-19(3)31-17-38-28;1-16(2)4-11-24(32)28-21(14-34)26(33)29-13-20(30)12-22(29)23(31)10-7-18-5-8-19(9-6-18)25-17(3)27-15-35-25/h2-9,11-12,14,18,23,25,28,35H,10,13,15-17H2,1H3;4-9,11-12,17-18,25,27H,10,13-16H2,1-3H3;5-6,8-9,15-16,20-22,30,34H,4,7,10-14H2,1-3H3,(H,28,32)/t23-,25+,28+;25-,27-;20-,21+,22+/m101/s1. The summed E-state index contributed by atoms with van der Waals surface area (Å²) in [5.74, 6) is -1.65. The molecule has 113 heavy (non-hydrogen) atoms. The lowest BCUT2D eigenvalue weighted by Gasteiger charge is -2.34. The first-order valence-corrected chi connectivity index (χ1v) is 42.6. The van der Waals surface area contributed by atoms with Crippen LogP contribution in [0.4, 0.5) is 0 Å². The Balaban J connectivity index is 0.000000157. The number of amides is 6. The maximum atomic E-state index is 14.1. The number of likely N-dealkylation sites (tertiary alicyclic amines) is 3. The highest BCUT2D eigenvalue weighted by Crippen LogP contribution is 2.39. The number of thiazole rings is 3. The van der Waals surface area contributed by atoms with Crippen LogP contribution in [0.2, 0.25) is 0 Å². The van der Waals surface area contributed by atoms with E-state index in [9.17, 15) is 58.2 Å². The molecule has 3 N–H and O–H groups in total. The second-order valence-corrected chi connectivity index (χ2v) is 34.2. The van der Waals surface area contributed by atoms with Crippen LogP contribution in [0.25, 0.3) is 31.3 Å². The lowest BCUT2D eigenvalue weighted by atomic mass is 9.98. The second kappa shape index (κ2) is 37.6. The molecule has 0 unspecified atom stereocenters. The largest absolute Gasteiger partial charge is 0.391 e. The Labute approximate surface area is 680 Å². The van der Waals surface area contributed by atoms with E-state index in [0.29, 0.717) is 55.8 Å².